The second-order valence-corrected chi connectivity index (χ2v) is 6.39. The normalized spacial score (nSPS) is 34.3. The van der Waals surface area contributed by atoms with Gasteiger partial charge in [0, 0.05) is 25.2 Å². The Morgan fingerprint density at radius 1 is 1.33 bits per heavy atom. The highest BCUT2D eigenvalue weighted by atomic mass is 32.2. The van der Waals surface area contributed by atoms with Crippen molar-refractivity contribution in [1.82, 2.24) is 9.03 Å². The maximum Gasteiger partial charge on any atom is 0.279 e. The third kappa shape index (κ3) is 2.69. The third-order valence-corrected chi connectivity index (χ3v) is 4.85. The summed E-state index contributed by atoms with van der Waals surface area (Å²) in [6.07, 6.45) is 2.79. The van der Waals surface area contributed by atoms with Gasteiger partial charge in [-0.2, -0.15) is 17.4 Å². The summed E-state index contributed by atoms with van der Waals surface area (Å²) in [5.41, 5.74) is 5.88. The van der Waals surface area contributed by atoms with Crippen LogP contribution in [-0.4, -0.2) is 37.9 Å². The molecule has 0 aromatic carbocycles. The SMILES string of the molecule is CC1CCN(S(=O)(=O)NC2CC2)CC1N. The van der Waals surface area contributed by atoms with Crippen molar-refractivity contribution >= 4 is 10.2 Å². The van der Waals surface area contributed by atoms with E-state index >= 15 is 0 Å². The maximum absolute atomic E-state index is 11.8. The van der Waals surface area contributed by atoms with Crippen LogP contribution in [0.15, 0.2) is 0 Å². The molecule has 1 heterocycles. The van der Waals surface area contributed by atoms with Gasteiger partial charge in [-0.25, -0.2) is 0 Å². The first-order chi connectivity index (χ1) is 6.99. The van der Waals surface area contributed by atoms with E-state index in [-0.39, 0.29) is 12.1 Å². The van der Waals surface area contributed by atoms with E-state index < -0.39 is 10.2 Å². The molecule has 2 aliphatic rings. The molecule has 2 atom stereocenters. The van der Waals surface area contributed by atoms with Crippen LogP contribution < -0.4 is 10.5 Å². The lowest BCUT2D eigenvalue weighted by Crippen LogP contribution is -2.53. The molecule has 15 heavy (non-hydrogen) atoms. The van der Waals surface area contributed by atoms with E-state index in [0.717, 1.165) is 19.3 Å². The highest BCUT2D eigenvalue weighted by Gasteiger charge is 2.34. The zero-order valence-electron chi connectivity index (χ0n) is 9.02. The first kappa shape index (κ1) is 11.3. The summed E-state index contributed by atoms with van der Waals surface area (Å²) >= 11 is 0. The molecule has 2 fully saturated rings. The number of piperidine rings is 1. The Kier molecular flexibility index (Phi) is 3.03. The average Bonchev–Trinajstić information content (AvgIpc) is 2.92. The van der Waals surface area contributed by atoms with E-state index in [9.17, 15) is 8.42 Å². The largest absolute Gasteiger partial charge is 0.326 e. The van der Waals surface area contributed by atoms with Crippen LogP contribution in [0.4, 0.5) is 0 Å². The average molecular weight is 233 g/mol. The molecule has 0 amide bonds. The minimum absolute atomic E-state index is 0.0328. The Morgan fingerprint density at radius 3 is 2.53 bits per heavy atom. The van der Waals surface area contributed by atoms with E-state index in [4.69, 9.17) is 5.73 Å². The van der Waals surface area contributed by atoms with Gasteiger partial charge in [-0.3, -0.25) is 0 Å². The smallest absolute Gasteiger partial charge is 0.279 e. The van der Waals surface area contributed by atoms with Gasteiger partial charge in [-0.15, -0.1) is 0 Å². The summed E-state index contributed by atoms with van der Waals surface area (Å²) in [5.74, 6) is 0.414. The topological polar surface area (TPSA) is 75.4 Å². The van der Waals surface area contributed by atoms with Crippen molar-refractivity contribution in [3.63, 3.8) is 0 Å². The van der Waals surface area contributed by atoms with Gasteiger partial charge >= 0.3 is 0 Å². The highest BCUT2D eigenvalue weighted by molar-refractivity contribution is 7.87. The number of hydrogen-bond acceptors (Lipinski definition) is 3. The number of nitrogens with zero attached hydrogens (tertiary/aromatic N) is 1. The molecule has 2 rings (SSSR count). The zero-order valence-corrected chi connectivity index (χ0v) is 9.83. The van der Waals surface area contributed by atoms with Gasteiger partial charge in [0.2, 0.25) is 0 Å². The Morgan fingerprint density at radius 2 is 2.00 bits per heavy atom. The van der Waals surface area contributed by atoms with Gasteiger partial charge in [0.25, 0.3) is 10.2 Å². The standard InChI is InChI=1S/C9H19N3O2S/c1-7-4-5-12(6-9(7)10)15(13,14)11-8-2-3-8/h7-9,11H,2-6,10H2,1H3. The van der Waals surface area contributed by atoms with Crippen molar-refractivity contribution in [3.8, 4) is 0 Å². The summed E-state index contributed by atoms with van der Waals surface area (Å²) in [6, 6.07) is 0.139. The molecule has 6 heteroatoms. The third-order valence-electron chi connectivity index (χ3n) is 3.21. The van der Waals surface area contributed by atoms with E-state index in [0.29, 0.717) is 19.0 Å². The number of hydrogen-bond donors (Lipinski definition) is 2. The predicted molar refractivity (Wildman–Crippen MR) is 58.4 cm³/mol. The van der Waals surface area contributed by atoms with Crippen molar-refractivity contribution in [2.24, 2.45) is 11.7 Å². The van der Waals surface area contributed by atoms with Crippen LogP contribution in [0.25, 0.3) is 0 Å². The summed E-state index contributed by atoms with van der Waals surface area (Å²) in [5, 5.41) is 0. The molecule has 5 nitrogen and oxygen atoms in total. The number of rotatable bonds is 3. The molecule has 2 unspecified atom stereocenters. The van der Waals surface area contributed by atoms with Crippen molar-refractivity contribution in [2.45, 2.75) is 38.3 Å². The molecule has 88 valence electrons. The van der Waals surface area contributed by atoms with Crippen LogP contribution in [0.3, 0.4) is 0 Å². The van der Waals surface area contributed by atoms with Gasteiger partial charge in [-0.05, 0) is 25.2 Å². The van der Waals surface area contributed by atoms with Gasteiger partial charge in [0.05, 0.1) is 0 Å². The second-order valence-electron chi connectivity index (χ2n) is 4.68. The molecule has 0 aromatic rings. The zero-order chi connectivity index (χ0) is 11.1. The van der Waals surface area contributed by atoms with Crippen LogP contribution in [-0.2, 0) is 10.2 Å². The van der Waals surface area contributed by atoms with Crippen LogP contribution in [0.1, 0.15) is 26.2 Å². The summed E-state index contributed by atoms with van der Waals surface area (Å²) in [7, 11) is -3.27. The number of nitrogens with two attached hydrogens (primary N) is 1. The molecule has 0 spiro atoms. The first-order valence-electron chi connectivity index (χ1n) is 5.52. The van der Waals surface area contributed by atoms with Gasteiger partial charge in [-0.1, -0.05) is 6.92 Å². The van der Waals surface area contributed by atoms with Crippen molar-refractivity contribution in [2.75, 3.05) is 13.1 Å². The Labute approximate surface area is 91.2 Å². The molecule has 1 saturated carbocycles. The van der Waals surface area contributed by atoms with Crippen LogP contribution >= 0.6 is 0 Å². The lowest BCUT2D eigenvalue weighted by atomic mass is 9.96. The second kappa shape index (κ2) is 4.01. The van der Waals surface area contributed by atoms with E-state index in [1.807, 2.05) is 0 Å². The van der Waals surface area contributed by atoms with E-state index in [2.05, 4.69) is 11.6 Å². The van der Waals surface area contributed by atoms with E-state index in [1.165, 1.54) is 4.31 Å². The van der Waals surface area contributed by atoms with Crippen LogP contribution in [0, 0.1) is 5.92 Å². The van der Waals surface area contributed by atoms with Crippen LogP contribution in [0.2, 0.25) is 0 Å². The lowest BCUT2D eigenvalue weighted by molar-refractivity contribution is 0.250. The summed E-state index contributed by atoms with van der Waals surface area (Å²) in [6.45, 7) is 3.11. The van der Waals surface area contributed by atoms with Crippen molar-refractivity contribution in [1.29, 1.82) is 0 Å². The fraction of sp³-hybridized carbons (Fsp3) is 1.00. The fourth-order valence-electron chi connectivity index (χ4n) is 1.77. The molecule has 0 radical (unpaired) electrons. The Balaban J connectivity index is 1.97. The molecular formula is C9H19N3O2S. The molecule has 1 aliphatic carbocycles. The maximum atomic E-state index is 11.8. The minimum atomic E-state index is -3.27. The summed E-state index contributed by atoms with van der Waals surface area (Å²) < 4.78 is 27.9. The number of nitrogens with one attached hydrogen (secondary N) is 1. The van der Waals surface area contributed by atoms with Gasteiger partial charge in [0.15, 0.2) is 0 Å². The van der Waals surface area contributed by atoms with Gasteiger partial charge in [0.1, 0.15) is 0 Å². The molecule has 0 bridgehead atoms. The molecule has 3 N–H and O–H groups in total. The Bertz CT molecular complexity index is 326. The lowest BCUT2D eigenvalue weighted by Gasteiger charge is -2.34. The predicted octanol–water partition coefficient (Wildman–Crippen LogP) is -0.348. The van der Waals surface area contributed by atoms with E-state index in [1.54, 1.807) is 0 Å². The molecule has 0 aromatic heterocycles. The van der Waals surface area contributed by atoms with Crippen molar-refractivity contribution < 1.29 is 8.42 Å². The molecule has 1 saturated heterocycles. The quantitative estimate of drug-likeness (QED) is 0.700. The fourth-order valence-corrected chi connectivity index (χ4v) is 3.29. The monoisotopic (exact) mass is 233 g/mol. The molecular weight excluding hydrogens is 214 g/mol. The van der Waals surface area contributed by atoms with Gasteiger partial charge < -0.3 is 5.73 Å². The Hall–Kier alpha value is -0.170. The minimum Gasteiger partial charge on any atom is -0.326 e. The van der Waals surface area contributed by atoms with Crippen molar-refractivity contribution in [3.05, 3.63) is 0 Å². The molecule has 1 aliphatic heterocycles. The highest BCUT2D eigenvalue weighted by Crippen LogP contribution is 2.23. The summed E-state index contributed by atoms with van der Waals surface area (Å²) in [4.78, 5) is 0. The first-order valence-corrected chi connectivity index (χ1v) is 6.96. The van der Waals surface area contributed by atoms with Crippen LogP contribution in [0.5, 0.6) is 0 Å².